The van der Waals surface area contributed by atoms with Crippen LogP contribution in [0.2, 0.25) is 0 Å². The number of nitrogens with zero attached hydrogens (tertiary/aromatic N) is 3. The lowest BCUT2D eigenvalue weighted by atomic mass is 9.93. The van der Waals surface area contributed by atoms with E-state index in [-0.39, 0.29) is 17.9 Å². The molecule has 34 heavy (non-hydrogen) atoms. The highest BCUT2D eigenvalue weighted by Crippen LogP contribution is 2.35. The predicted octanol–water partition coefficient (Wildman–Crippen LogP) is 4.13. The summed E-state index contributed by atoms with van der Waals surface area (Å²) in [6.45, 7) is 2.14. The van der Waals surface area contributed by atoms with Gasteiger partial charge in [-0.25, -0.2) is 8.42 Å². The number of hydrogen-bond donors (Lipinski definition) is 0. The molecule has 3 heterocycles. The normalized spacial score (nSPS) is 19.9. The van der Waals surface area contributed by atoms with E-state index in [1.54, 1.807) is 6.08 Å². The fourth-order valence-corrected chi connectivity index (χ4v) is 6.23. The first kappa shape index (κ1) is 22.6. The van der Waals surface area contributed by atoms with Crippen LogP contribution in [0.1, 0.15) is 35.7 Å². The highest BCUT2D eigenvalue weighted by molar-refractivity contribution is 7.92. The van der Waals surface area contributed by atoms with E-state index in [4.69, 9.17) is 0 Å². The molecule has 0 radical (unpaired) electrons. The minimum atomic E-state index is -3.52. The van der Waals surface area contributed by atoms with Crippen molar-refractivity contribution in [1.82, 2.24) is 13.8 Å². The van der Waals surface area contributed by atoms with Gasteiger partial charge in [-0.05, 0) is 42.2 Å². The van der Waals surface area contributed by atoms with E-state index >= 15 is 0 Å². The summed E-state index contributed by atoms with van der Waals surface area (Å²) in [4.78, 5) is 15.7. The van der Waals surface area contributed by atoms with Gasteiger partial charge in [-0.1, -0.05) is 60.7 Å². The van der Waals surface area contributed by atoms with Gasteiger partial charge in [0.15, 0.2) is 0 Å². The Bertz CT molecular complexity index is 1260. The van der Waals surface area contributed by atoms with Gasteiger partial charge in [-0.15, -0.1) is 0 Å². The molecule has 1 fully saturated rings. The molecule has 6 nitrogen and oxygen atoms in total. The molecular weight excluding hydrogens is 446 g/mol. The van der Waals surface area contributed by atoms with Crippen LogP contribution in [0.4, 0.5) is 0 Å². The zero-order valence-electron chi connectivity index (χ0n) is 19.0. The van der Waals surface area contributed by atoms with Crippen molar-refractivity contribution in [3.8, 4) is 0 Å². The lowest BCUT2D eigenvalue weighted by Crippen LogP contribution is -2.48. The van der Waals surface area contributed by atoms with E-state index in [2.05, 4.69) is 29.0 Å². The van der Waals surface area contributed by atoms with Crippen LogP contribution in [0, 0.1) is 5.92 Å². The maximum Gasteiger partial charge on any atom is 0.236 e. The Balaban J connectivity index is 1.28. The van der Waals surface area contributed by atoms with E-state index in [1.165, 1.54) is 9.71 Å². The van der Waals surface area contributed by atoms with E-state index in [0.29, 0.717) is 32.5 Å². The number of aromatic nitrogens is 1. The van der Waals surface area contributed by atoms with Crippen molar-refractivity contribution >= 4 is 22.0 Å². The zero-order chi connectivity index (χ0) is 23.5. The topological polar surface area (TPSA) is 62.6 Å². The van der Waals surface area contributed by atoms with Gasteiger partial charge in [-0.2, -0.15) is 4.31 Å². The summed E-state index contributed by atoms with van der Waals surface area (Å²) in [5.74, 6) is -0.0459. The van der Waals surface area contributed by atoms with Crippen LogP contribution in [0.15, 0.2) is 84.4 Å². The number of carbonyl (C=O) groups is 1. The molecule has 0 bridgehead atoms. The fourth-order valence-electron chi connectivity index (χ4n) is 5.01. The number of piperidine rings is 1. The van der Waals surface area contributed by atoms with Crippen LogP contribution in [0.5, 0.6) is 0 Å². The number of sulfonamides is 1. The van der Waals surface area contributed by atoms with E-state index in [9.17, 15) is 13.2 Å². The third-order valence-electron chi connectivity index (χ3n) is 6.83. The molecule has 1 aromatic heterocycles. The first-order valence-corrected chi connectivity index (χ1v) is 13.3. The number of fused-ring (bicyclic) bond motifs is 1. The van der Waals surface area contributed by atoms with Crippen LogP contribution in [-0.4, -0.2) is 47.7 Å². The second-order valence-electron chi connectivity index (χ2n) is 8.90. The molecule has 2 aliphatic heterocycles. The summed E-state index contributed by atoms with van der Waals surface area (Å²) in [5.41, 5.74) is 3.07. The zero-order valence-corrected chi connectivity index (χ0v) is 19.8. The molecular formula is C27H29N3O3S. The Labute approximate surface area is 201 Å². The summed E-state index contributed by atoms with van der Waals surface area (Å²) in [6, 6.07) is 23.5. The van der Waals surface area contributed by atoms with Crippen LogP contribution < -0.4 is 0 Å². The van der Waals surface area contributed by atoms with E-state index in [1.807, 2.05) is 59.5 Å². The summed E-state index contributed by atoms with van der Waals surface area (Å²) < 4.78 is 29.4. The van der Waals surface area contributed by atoms with Crippen LogP contribution >= 0.6 is 0 Å². The van der Waals surface area contributed by atoms with Gasteiger partial charge in [0.25, 0.3) is 0 Å². The molecule has 0 aliphatic carbocycles. The maximum absolute atomic E-state index is 13.7. The van der Waals surface area contributed by atoms with Crippen LogP contribution in [0.25, 0.3) is 6.08 Å². The van der Waals surface area contributed by atoms with Gasteiger partial charge < -0.3 is 9.47 Å². The Morgan fingerprint density at radius 1 is 0.824 bits per heavy atom. The second-order valence-corrected chi connectivity index (χ2v) is 10.7. The van der Waals surface area contributed by atoms with E-state index < -0.39 is 10.0 Å². The molecule has 2 aliphatic rings. The molecule has 2 aromatic carbocycles. The smallest absolute Gasteiger partial charge is 0.236 e. The predicted molar refractivity (Wildman–Crippen MR) is 133 cm³/mol. The second kappa shape index (κ2) is 9.60. The first-order chi connectivity index (χ1) is 16.5. The highest BCUT2D eigenvalue weighted by Gasteiger charge is 2.37. The third kappa shape index (κ3) is 4.58. The average molecular weight is 476 g/mol. The number of benzene rings is 2. The number of amides is 1. The molecule has 0 spiro atoms. The number of carbonyl (C=O) groups excluding carboxylic acids is 1. The lowest BCUT2D eigenvalue weighted by Gasteiger charge is -2.40. The Morgan fingerprint density at radius 3 is 2.21 bits per heavy atom. The van der Waals surface area contributed by atoms with Gasteiger partial charge in [0.1, 0.15) is 0 Å². The Morgan fingerprint density at radius 2 is 1.50 bits per heavy atom. The minimum Gasteiger partial charge on any atom is -0.348 e. The third-order valence-corrected chi connectivity index (χ3v) is 8.40. The molecule has 7 heteroatoms. The van der Waals surface area contributed by atoms with Crippen LogP contribution in [-0.2, 0) is 21.4 Å². The largest absolute Gasteiger partial charge is 0.348 e. The number of rotatable bonds is 5. The van der Waals surface area contributed by atoms with Crippen molar-refractivity contribution in [2.75, 3.05) is 19.6 Å². The Kier molecular flexibility index (Phi) is 6.39. The molecule has 1 saturated heterocycles. The van der Waals surface area contributed by atoms with Gasteiger partial charge in [0.05, 0.1) is 6.04 Å². The summed E-state index contributed by atoms with van der Waals surface area (Å²) in [5, 5.41) is 1.27. The summed E-state index contributed by atoms with van der Waals surface area (Å²) in [7, 11) is -3.52. The highest BCUT2D eigenvalue weighted by atomic mass is 32.2. The van der Waals surface area contributed by atoms with Gasteiger partial charge in [0.2, 0.25) is 15.9 Å². The van der Waals surface area contributed by atoms with Gasteiger partial charge in [-0.3, -0.25) is 4.79 Å². The molecule has 0 N–H and O–H groups in total. The quantitative estimate of drug-likeness (QED) is 0.557. The average Bonchev–Trinajstić information content (AvgIpc) is 3.37. The molecule has 3 aromatic rings. The fraction of sp³-hybridized carbons (Fsp3) is 0.296. The lowest BCUT2D eigenvalue weighted by molar-refractivity contribution is -0.139. The van der Waals surface area contributed by atoms with Gasteiger partial charge >= 0.3 is 0 Å². The molecule has 0 saturated carbocycles. The monoisotopic (exact) mass is 475 g/mol. The standard InChI is InChI=1S/C27H29N3O3S/c31-27(30-20-19-28-16-7-12-25(28)26(30)23-10-5-2-6-11-23)24-13-17-29(18-14-24)34(32,33)21-15-22-8-3-1-4-9-22/h1-12,15-16,21,24,26H,13-14,17-20H2/b21-15+. The molecule has 1 unspecified atom stereocenters. The molecule has 5 rings (SSSR count). The molecule has 176 valence electrons. The molecule has 1 atom stereocenters. The molecule has 1 amide bonds. The summed E-state index contributed by atoms with van der Waals surface area (Å²) in [6.07, 6.45) is 4.77. The Hall–Kier alpha value is -3.16. The minimum absolute atomic E-state index is 0.118. The van der Waals surface area contributed by atoms with Crippen LogP contribution in [0.3, 0.4) is 0 Å². The maximum atomic E-state index is 13.7. The number of hydrogen-bond acceptors (Lipinski definition) is 3. The van der Waals surface area contributed by atoms with Gasteiger partial charge in [0, 0.05) is 49.4 Å². The SMILES string of the molecule is O=C(C1CCN(S(=O)(=O)/C=C/c2ccccc2)CC1)N1CCn2cccc2C1c1ccccc1. The van der Waals surface area contributed by atoms with Crippen molar-refractivity contribution in [2.45, 2.75) is 25.4 Å². The van der Waals surface area contributed by atoms with E-state index in [0.717, 1.165) is 23.4 Å². The van der Waals surface area contributed by atoms with Crippen molar-refractivity contribution in [3.63, 3.8) is 0 Å². The van der Waals surface area contributed by atoms with Crippen molar-refractivity contribution in [3.05, 3.63) is 101 Å². The van der Waals surface area contributed by atoms with Crippen molar-refractivity contribution in [1.29, 1.82) is 0 Å². The van der Waals surface area contributed by atoms with Crippen molar-refractivity contribution < 1.29 is 13.2 Å². The summed E-state index contributed by atoms with van der Waals surface area (Å²) >= 11 is 0. The van der Waals surface area contributed by atoms with Crippen molar-refractivity contribution in [2.24, 2.45) is 5.92 Å². The first-order valence-electron chi connectivity index (χ1n) is 11.8.